The molecule has 0 aliphatic heterocycles. The van der Waals surface area contributed by atoms with Gasteiger partial charge in [0.05, 0.1) is 13.2 Å². The number of nitrogens with one attached hydrogen (secondary N) is 2. The molecule has 0 unspecified atom stereocenters. The summed E-state index contributed by atoms with van der Waals surface area (Å²) in [5.74, 6) is 0.734. The van der Waals surface area contributed by atoms with E-state index >= 15 is 0 Å². The lowest BCUT2D eigenvalue weighted by atomic mass is 9.72. The molecule has 3 N–H and O–H groups in total. The van der Waals surface area contributed by atoms with Crippen LogP contribution in [-0.4, -0.2) is 43.5 Å². The van der Waals surface area contributed by atoms with Crippen LogP contribution in [0.4, 0.5) is 13.2 Å². The Hall–Kier alpha value is -1.80. The highest BCUT2D eigenvalue weighted by Crippen LogP contribution is 2.38. The van der Waals surface area contributed by atoms with E-state index < -0.39 is 12.8 Å². The number of nitrogens with zero attached hydrogens (tertiary/aromatic N) is 1. The average molecular weight is 430 g/mol. The second-order valence-corrected chi connectivity index (χ2v) is 8.01. The first kappa shape index (κ1) is 24.5. The third-order valence-corrected chi connectivity index (χ3v) is 5.51. The van der Waals surface area contributed by atoms with Crippen molar-refractivity contribution in [3.8, 4) is 0 Å². The first-order chi connectivity index (χ1) is 14.4. The number of hydrogen-bond acceptors (Lipinski definition) is 3. The number of ether oxygens (including phenoxy) is 1. The fourth-order valence-electron chi connectivity index (χ4n) is 3.86. The summed E-state index contributed by atoms with van der Waals surface area (Å²) >= 11 is 0. The summed E-state index contributed by atoms with van der Waals surface area (Å²) in [5.41, 5.74) is 1.79. The quantitative estimate of drug-likeness (QED) is 0.386. The van der Waals surface area contributed by atoms with Crippen LogP contribution in [0.25, 0.3) is 0 Å². The van der Waals surface area contributed by atoms with Gasteiger partial charge < -0.3 is 20.5 Å². The van der Waals surface area contributed by atoms with Gasteiger partial charge in [-0.25, -0.2) is 4.99 Å². The molecule has 1 aliphatic carbocycles. The van der Waals surface area contributed by atoms with E-state index in [0.717, 1.165) is 43.9 Å². The lowest BCUT2D eigenvalue weighted by molar-refractivity contribution is -0.176. The van der Waals surface area contributed by atoms with Crippen LogP contribution in [0.3, 0.4) is 0 Å². The van der Waals surface area contributed by atoms with Gasteiger partial charge in [-0.1, -0.05) is 43.5 Å². The molecule has 0 spiro atoms. The Morgan fingerprint density at radius 3 is 2.37 bits per heavy atom. The van der Waals surface area contributed by atoms with Crippen molar-refractivity contribution in [1.82, 2.24) is 10.6 Å². The molecule has 0 atom stereocenters. The summed E-state index contributed by atoms with van der Waals surface area (Å²) in [5, 5.41) is 16.2. The molecule has 5 nitrogen and oxygen atoms in total. The van der Waals surface area contributed by atoms with E-state index in [1.807, 2.05) is 19.1 Å². The van der Waals surface area contributed by atoms with Crippen molar-refractivity contribution in [1.29, 1.82) is 0 Å². The lowest BCUT2D eigenvalue weighted by Gasteiger charge is -2.37. The second-order valence-electron chi connectivity index (χ2n) is 8.01. The Morgan fingerprint density at radius 2 is 1.77 bits per heavy atom. The Labute approximate surface area is 177 Å². The Bertz CT molecular complexity index is 637. The molecule has 1 aromatic rings. The molecule has 170 valence electrons. The number of benzene rings is 1. The monoisotopic (exact) mass is 429 g/mol. The zero-order chi connectivity index (χ0) is 21.9. The van der Waals surface area contributed by atoms with Crippen molar-refractivity contribution in [3.63, 3.8) is 0 Å². The molecule has 0 bridgehead atoms. The van der Waals surface area contributed by atoms with Crippen LogP contribution in [-0.2, 0) is 17.9 Å². The predicted octanol–water partition coefficient (Wildman–Crippen LogP) is 4.15. The van der Waals surface area contributed by atoms with Gasteiger partial charge in [-0.05, 0) is 42.7 Å². The molecule has 0 heterocycles. The van der Waals surface area contributed by atoms with Crippen molar-refractivity contribution in [2.24, 2.45) is 10.4 Å². The van der Waals surface area contributed by atoms with E-state index in [4.69, 9.17) is 0 Å². The molecule has 1 aromatic carbocycles. The van der Waals surface area contributed by atoms with Crippen LogP contribution in [0.5, 0.6) is 0 Å². The summed E-state index contributed by atoms with van der Waals surface area (Å²) in [6.45, 7) is 2.90. The average Bonchev–Trinajstić information content (AvgIpc) is 2.71. The van der Waals surface area contributed by atoms with E-state index in [2.05, 4.69) is 20.4 Å². The van der Waals surface area contributed by atoms with Gasteiger partial charge >= 0.3 is 6.18 Å². The van der Waals surface area contributed by atoms with E-state index in [1.165, 1.54) is 19.3 Å². The topological polar surface area (TPSA) is 65.9 Å². The summed E-state index contributed by atoms with van der Waals surface area (Å²) < 4.78 is 41.1. The molecule has 0 amide bonds. The second kappa shape index (κ2) is 12.2. The van der Waals surface area contributed by atoms with Crippen LogP contribution < -0.4 is 10.6 Å². The summed E-state index contributed by atoms with van der Waals surface area (Å²) in [6.07, 6.45) is 2.41. The molecule has 2 rings (SSSR count). The zero-order valence-corrected chi connectivity index (χ0v) is 17.7. The standard InChI is InChI=1S/C22H34F3N3O2/c1-2-26-20(28-16-21(12-13-29)10-4-3-5-11-21)27-14-18-6-8-19(9-7-18)15-30-17-22(23,24)25/h6-9,29H,2-5,10-17H2,1H3,(H2,26,27,28). The predicted molar refractivity (Wildman–Crippen MR) is 112 cm³/mol. The smallest absolute Gasteiger partial charge is 0.396 e. The van der Waals surface area contributed by atoms with Crippen molar-refractivity contribution in [2.75, 3.05) is 26.3 Å². The molecule has 1 fully saturated rings. The van der Waals surface area contributed by atoms with Gasteiger partial charge in [0.25, 0.3) is 0 Å². The van der Waals surface area contributed by atoms with E-state index in [1.54, 1.807) is 12.1 Å². The highest BCUT2D eigenvalue weighted by molar-refractivity contribution is 5.79. The fourth-order valence-corrected chi connectivity index (χ4v) is 3.86. The number of halogens is 3. The Kier molecular flexibility index (Phi) is 9.91. The Morgan fingerprint density at radius 1 is 1.10 bits per heavy atom. The fraction of sp³-hybridized carbons (Fsp3) is 0.682. The largest absolute Gasteiger partial charge is 0.411 e. The van der Waals surface area contributed by atoms with Gasteiger partial charge in [0.1, 0.15) is 6.61 Å². The number of alkyl halides is 3. The third kappa shape index (κ3) is 8.92. The number of aliphatic hydroxyl groups is 1. The molecule has 30 heavy (non-hydrogen) atoms. The number of rotatable bonds is 10. The van der Waals surface area contributed by atoms with Crippen LogP contribution in [0.1, 0.15) is 56.6 Å². The van der Waals surface area contributed by atoms with E-state index in [9.17, 15) is 18.3 Å². The highest BCUT2D eigenvalue weighted by Gasteiger charge is 2.31. The van der Waals surface area contributed by atoms with E-state index in [-0.39, 0.29) is 18.6 Å². The van der Waals surface area contributed by atoms with Gasteiger partial charge in [0, 0.05) is 19.7 Å². The van der Waals surface area contributed by atoms with Crippen LogP contribution in [0.2, 0.25) is 0 Å². The third-order valence-electron chi connectivity index (χ3n) is 5.51. The SMILES string of the molecule is CCNC(=NCc1ccc(COCC(F)(F)F)cc1)NCC1(CCO)CCCCC1. The van der Waals surface area contributed by atoms with Crippen LogP contribution >= 0.6 is 0 Å². The first-order valence-electron chi connectivity index (χ1n) is 10.7. The van der Waals surface area contributed by atoms with Gasteiger partial charge in [-0.3, -0.25) is 0 Å². The van der Waals surface area contributed by atoms with Crippen molar-refractivity contribution in [2.45, 2.75) is 64.8 Å². The summed E-state index contributed by atoms with van der Waals surface area (Å²) in [7, 11) is 0. The number of aliphatic imine (C=N–C) groups is 1. The maximum Gasteiger partial charge on any atom is 0.411 e. The molecular weight excluding hydrogens is 395 g/mol. The molecule has 1 aliphatic rings. The number of guanidine groups is 1. The molecule has 0 saturated heterocycles. The van der Waals surface area contributed by atoms with Gasteiger partial charge in [0.15, 0.2) is 5.96 Å². The minimum Gasteiger partial charge on any atom is -0.396 e. The minimum absolute atomic E-state index is 0.0693. The van der Waals surface area contributed by atoms with Crippen LogP contribution in [0.15, 0.2) is 29.3 Å². The lowest BCUT2D eigenvalue weighted by Crippen LogP contribution is -2.44. The number of hydrogen-bond donors (Lipinski definition) is 3. The zero-order valence-electron chi connectivity index (χ0n) is 17.7. The van der Waals surface area contributed by atoms with Crippen molar-refractivity contribution in [3.05, 3.63) is 35.4 Å². The van der Waals surface area contributed by atoms with Gasteiger partial charge in [-0.2, -0.15) is 13.2 Å². The molecule has 0 radical (unpaired) electrons. The van der Waals surface area contributed by atoms with Gasteiger partial charge in [-0.15, -0.1) is 0 Å². The summed E-state index contributed by atoms with van der Waals surface area (Å²) in [6, 6.07) is 7.24. The van der Waals surface area contributed by atoms with Crippen LogP contribution in [0, 0.1) is 5.41 Å². The summed E-state index contributed by atoms with van der Waals surface area (Å²) in [4.78, 5) is 4.64. The normalized spacial score (nSPS) is 17.0. The highest BCUT2D eigenvalue weighted by atomic mass is 19.4. The maximum atomic E-state index is 12.1. The molecule has 0 aromatic heterocycles. The maximum absolute atomic E-state index is 12.1. The Balaban J connectivity index is 1.88. The van der Waals surface area contributed by atoms with Crippen molar-refractivity contribution < 1.29 is 23.0 Å². The minimum atomic E-state index is -4.31. The molecule has 1 saturated carbocycles. The number of aliphatic hydroxyl groups excluding tert-OH is 1. The van der Waals surface area contributed by atoms with Gasteiger partial charge in [0.2, 0.25) is 0 Å². The van der Waals surface area contributed by atoms with Crippen molar-refractivity contribution >= 4 is 5.96 Å². The first-order valence-corrected chi connectivity index (χ1v) is 10.7. The van der Waals surface area contributed by atoms with E-state index in [0.29, 0.717) is 12.1 Å². The molecular formula is C22H34F3N3O2. The molecule has 8 heteroatoms.